The van der Waals surface area contributed by atoms with E-state index in [-0.39, 0.29) is 0 Å². The predicted molar refractivity (Wildman–Crippen MR) is 61.1 cm³/mol. The van der Waals surface area contributed by atoms with Crippen LogP contribution in [-0.2, 0) is 4.74 Å². The number of rotatable bonds is 1. The molecule has 0 spiro atoms. The van der Waals surface area contributed by atoms with Crippen molar-refractivity contribution in [3.8, 4) is 0 Å². The number of nitrogens with zero attached hydrogens (tertiary/aromatic N) is 1. The number of ether oxygens (including phenoxy) is 1. The van der Waals surface area contributed by atoms with Crippen LogP contribution < -0.4 is 5.73 Å². The van der Waals surface area contributed by atoms with E-state index in [2.05, 4.69) is 23.1 Å². The van der Waals surface area contributed by atoms with E-state index in [9.17, 15) is 0 Å². The Morgan fingerprint density at radius 3 is 2.80 bits per heavy atom. The molecule has 1 heterocycles. The second-order valence-electron chi connectivity index (χ2n) is 3.84. The molecule has 1 aliphatic heterocycles. The maximum absolute atomic E-state index is 5.74. The molecule has 2 aliphatic rings. The van der Waals surface area contributed by atoms with E-state index >= 15 is 0 Å². The SMILES string of the molecule is NC1=CC/C=C(/N2CCOCC2)C/C=C\1. The Balaban J connectivity index is 2.02. The monoisotopic (exact) mass is 206 g/mol. The highest BCUT2D eigenvalue weighted by Crippen LogP contribution is 2.15. The third-order valence-corrected chi connectivity index (χ3v) is 2.76. The molecule has 0 aromatic heterocycles. The standard InChI is InChI=1S/C12H18N2O/c13-11-3-1-5-12(6-2-4-11)14-7-9-15-10-8-14/h1,3-4,6H,2,5,7-10,13H2/b3-1-,11-4?,12-6+. The number of allylic oxidation sites excluding steroid dienone is 4. The molecule has 3 heteroatoms. The predicted octanol–water partition coefficient (Wildman–Crippen LogP) is 1.40. The minimum absolute atomic E-state index is 0.846. The topological polar surface area (TPSA) is 38.5 Å². The van der Waals surface area contributed by atoms with Gasteiger partial charge in [-0.25, -0.2) is 0 Å². The summed E-state index contributed by atoms with van der Waals surface area (Å²) in [6.45, 7) is 3.72. The molecule has 0 saturated carbocycles. The molecule has 2 N–H and O–H groups in total. The van der Waals surface area contributed by atoms with Gasteiger partial charge in [0, 0.05) is 30.9 Å². The van der Waals surface area contributed by atoms with E-state index in [1.165, 1.54) is 5.70 Å². The van der Waals surface area contributed by atoms with Gasteiger partial charge in [0.25, 0.3) is 0 Å². The van der Waals surface area contributed by atoms with Crippen LogP contribution in [0.4, 0.5) is 0 Å². The van der Waals surface area contributed by atoms with Crippen molar-refractivity contribution in [2.75, 3.05) is 26.3 Å². The van der Waals surface area contributed by atoms with Crippen molar-refractivity contribution in [2.45, 2.75) is 12.8 Å². The van der Waals surface area contributed by atoms with Crippen LogP contribution in [-0.4, -0.2) is 31.2 Å². The molecular weight excluding hydrogens is 188 g/mol. The van der Waals surface area contributed by atoms with E-state index < -0.39 is 0 Å². The summed E-state index contributed by atoms with van der Waals surface area (Å²) in [6, 6.07) is 0. The number of morpholine rings is 1. The second-order valence-corrected chi connectivity index (χ2v) is 3.84. The third kappa shape index (κ3) is 2.86. The fourth-order valence-corrected chi connectivity index (χ4v) is 1.91. The van der Waals surface area contributed by atoms with Gasteiger partial charge in [-0.05, 0) is 12.5 Å². The summed E-state index contributed by atoms with van der Waals surface area (Å²) in [5.74, 6) is 0. The molecule has 0 aromatic rings. The molecule has 0 atom stereocenters. The number of hydrogen-bond acceptors (Lipinski definition) is 3. The summed E-state index contributed by atoms with van der Waals surface area (Å²) in [7, 11) is 0. The van der Waals surface area contributed by atoms with Crippen LogP contribution in [0, 0.1) is 0 Å². The zero-order valence-electron chi connectivity index (χ0n) is 8.98. The van der Waals surface area contributed by atoms with Gasteiger partial charge in [-0.3, -0.25) is 0 Å². The van der Waals surface area contributed by atoms with Crippen molar-refractivity contribution in [1.82, 2.24) is 4.90 Å². The summed E-state index contributed by atoms with van der Waals surface area (Å²) in [5.41, 5.74) is 8.01. The van der Waals surface area contributed by atoms with Crippen molar-refractivity contribution >= 4 is 0 Å². The van der Waals surface area contributed by atoms with Gasteiger partial charge in [-0.2, -0.15) is 0 Å². The molecule has 82 valence electrons. The van der Waals surface area contributed by atoms with Gasteiger partial charge in [-0.1, -0.05) is 18.2 Å². The second kappa shape index (κ2) is 5.03. The van der Waals surface area contributed by atoms with Crippen LogP contribution in [0.1, 0.15) is 12.8 Å². The van der Waals surface area contributed by atoms with Gasteiger partial charge < -0.3 is 15.4 Å². The first-order valence-electron chi connectivity index (χ1n) is 5.50. The third-order valence-electron chi connectivity index (χ3n) is 2.76. The molecule has 0 bridgehead atoms. The molecule has 1 saturated heterocycles. The smallest absolute Gasteiger partial charge is 0.0642 e. The van der Waals surface area contributed by atoms with Crippen LogP contribution in [0.25, 0.3) is 0 Å². The fourth-order valence-electron chi connectivity index (χ4n) is 1.91. The van der Waals surface area contributed by atoms with Crippen LogP contribution in [0.2, 0.25) is 0 Å². The molecule has 3 nitrogen and oxygen atoms in total. The number of hydrogen-bond donors (Lipinski definition) is 1. The Bertz CT molecular complexity index is 299. The maximum atomic E-state index is 5.74. The molecule has 0 radical (unpaired) electrons. The Labute approximate surface area is 90.9 Å². The minimum Gasteiger partial charge on any atom is -0.399 e. The van der Waals surface area contributed by atoms with E-state index in [1.54, 1.807) is 0 Å². The van der Waals surface area contributed by atoms with Gasteiger partial charge in [0.1, 0.15) is 0 Å². The quantitative estimate of drug-likeness (QED) is 0.704. The van der Waals surface area contributed by atoms with Crippen LogP contribution in [0.15, 0.2) is 35.7 Å². The minimum atomic E-state index is 0.846. The number of nitrogens with two attached hydrogens (primary N) is 1. The molecule has 15 heavy (non-hydrogen) atoms. The first-order valence-corrected chi connectivity index (χ1v) is 5.50. The van der Waals surface area contributed by atoms with E-state index in [1.807, 2.05) is 6.08 Å². The van der Waals surface area contributed by atoms with Crippen molar-refractivity contribution in [2.24, 2.45) is 5.73 Å². The van der Waals surface area contributed by atoms with E-state index in [0.29, 0.717) is 0 Å². The Hall–Kier alpha value is -1.22. The van der Waals surface area contributed by atoms with Crippen molar-refractivity contribution in [3.63, 3.8) is 0 Å². The highest BCUT2D eigenvalue weighted by molar-refractivity contribution is 5.22. The van der Waals surface area contributed by atoms with Crippen molar-refractivity contribution in [3.05, 3.63) is 35.7 Å². The molecular formula is C12H18N2O. The zero-order chi connectivity index (χ0) is 10.5. The summed E-state index contributed by atoms with van der Waals surface area (Å²) in [6.07, 6.45) is 10.4. The van der Waals surface area contributed by atoms with Crippen LogP contribution >= 0.6 is 0 Å². The average Bonchev–Trinajstić information content (AvgIpc) is 2.24. The summed E-state index contributed by atoms with van der Waals surface area (Å²) >= 11 is 0. The lowest BCUT2D eigenvalue weighted by Crippen LogP contribution is -2.35. The largest absolute Gasteiger partial charge is 0.399 e. The van der Waals surface area contributed by atoms with Gasteiger partial charge in [0.15, 0.2) is 0 Å². The van der Waals surface area contributed by atoms with Gasteiger partial charge in [0.2, 0.25) is 0 Å². The Morgan fingerprint density at radius 2 is 2.00 bits per heavy atom. The Morgan fingerprint density at radius 1 is 1.20 bits per heavy atom. The lowest BCUT2D eigenvalue weighted by Gasteiger charge is -2.31. The maximum Gasteiger partial charge on any atom is 0.0642 e. The van der Waals surface area contributed by atoms with Crippen LogP contribution in [0.3, 0.4) is 0 Å². The summed E-state index contributed by atoms with van der Waals surface area (Å²) in [4.78, 5) is 2.41. The lowest BCUT2D eigenvalue weighted by molar-refractivity contribution is 0.0526. The highest BCUT2D eigenvalue weighted by Gasteiger charge is 2.12. The van der Waals surface area contributed by atoms with Gasteiger partial charge in [0.05, 0.1) is 13.2 Å². The Kier molecular flexibility index (Phi) is 3.45. The van der Waals surface area contributed by atoms with Crippen molar-refractivity contribution in [1.29, 1.82) is 0 Å². The molecule has 1 aliphatic carbocycles. The van der Waals surface area contributed by atoms with E-state index in [0.717, 1.165) is 44.8 Å². The van der Waals surface area contributed by atoms with Crippen LogP contribution in [0.5, 0.6) is 0 Å². The highest BCUT2D eigenvalue weighted by atomic mass is 16.5. The lowest BCUT2D eigenvalue weighted by atomic mass is 10.1. The van der Waals surface area contributed by atoms with Gasteiger partial charge >= 0.3 is 0 Å². The molecule has 0 aromatic carbocycles. The van der Waals surface area contributed by atoms with E-state index in [4.69, 9.17) is 10.5 Å². The molecule has 1 fully saturated rings. The summed E-state index contributed by atoms with van der Waals surface area (Å²) < 4.78 is 5.34. The van der Waals surface area contributed by atoms with Crippen molar-refractivity contribution < 1.29 is 4.74 Å². The normalized spacial score (nSPS) is 28.4. The zero-order valence-corrected chi connectivity index (χ0v) is 8.98. The van der Waals surface area contributed by atoms with Gasteiger partial charge in [-0.15, -0.1) is 0 Å². The average molecular weight is 206 g/mol. The summed E-state index contributed by atoms with van der Waals surface area (Å²) in [5, 5.41) is 0. The molecule has 2 rings (SSSR count). The first-order chi connectivity index (χ1) is 7.36. The fraction of sp³-hybridized carbons (Fsp3) is 0.500. The molecule has 0 amide bonds. The molecule has 0 unspecified atom stereocenters. The first kappa shape index (κ1) is 10.3.